The topological polar surface area (TPSA) is 68.1 Å². The first-order valence-electron chi connectivity index (χ1n) is 7.89. The molecule has 0 fully saturated rings. The van der Waals surface area contributed by atoms with Crippen molar-refractivity contribution in [2.45, 2.75) is 13.5 Å². The van der Waals surface area contributed by atoms with Crippen LogP contribution in [0, 0.1) is 0 Å². The summed E-state index contributed by atoms with van der Waals surface area (Å²) in [6.07, 6.45) is 1.87. The molecule has 0 bridgehead atoms. The van der Waals surface area contributed by atoms with Crippen molar-refractivity contribution < 1.29 is 19.5 Å². The zero-order valence-electron chi connectivity index (χ0n) is 14.3. The summed E-state index contributed by atoms with van der Waals surface area (Å²) in [5.41, 5.74) is 1.84. The first-order valence-corrected chi connectivity index (χ1v) is 10.3. The number of carboxylic acid groups (broad SMARTS) is 1. The van der Waals surface area contributed by atoms with Crippen LogP contribution in [0.1, 0.15) is 23.6 Å². The minimum Gasteiger partial charge on any atom is -0.488 e. The SMILES string of the molecule is CCO/N=C(/C(=O)O)c1ccccc1COc1cc(Br)ccc1C=C(Br)Br. The van der Waals surface area contributed by atoms with Crippen LogP contribution in [0.3, 0.4) is 0 Å². The molecule has 8 heteroatoms. The average molecular weight is 562 g/mol. The molecule has 0 aliphatic carbocycles. The number of oxime groups is 1. The Morgan fingerprint density at radius 3 is 2.63 bits per heavy atom. The van der Waals surface area contributed by atoms with E-state index in [1.54, 1.807) is 25.1 Å². The van der Waals surface area contributed by atoms with Crippen molar-refractivity contribution in [2.75, 3.05) is 6.61 Å². The monoisotopic (exact) mass is 559 g/mol. The van der Waals surface area contributed by atoms with E-state index in [-0.39, 0.29) is 18.9 Å². The molecule has 2 aromatic carbocycles. The molecule has 0 radical (unpaired) electrons. The number of halogens is 3. The molecule has 0 aliphatic heterocycles. The minimum absolute atomic E-state index is 0.159. The van der Waals surface area contributed by atoms with Crippen LogP contribution in [-0.2, 0) is 16.2 Å². The first kappa shape index (κ1) is 21.7. The van der Waals surface area contributed by atoms with Gasteiger partial charge in [0.05, 0.1) is 3.39 Å². The maximum Gasteiger partial charge on any atom is 0.358 e. The van der Waals surface area contributed by atoms with Crippen LogP contribution in [0.4, 0.5) is 0 Å². The fourth-order valence-electron chi connectivity index (χ4n) is 2.24. The fourth-order valence-corrected chi connectivity index (χ4v) is 3.07. The summed E-state index contributed by atoms with van der Waals surface area (Å²) in [4.78, 5) is 16.5. The number of nitrogens with zero attached hydrogens (tertiary/aromatic N) is 1. The Morgan fingerprint density at radius 2 is 1.96 bits per heavy atom. The standard InChI is InChI=1S/C19H16Br3NO4/c1-2-27-23-18(19(24)25)15-6-4-3-5-13(15)11-26-16-10-14(20)8-7-12(16)9-17(21)22/h3-10H,2,11H2,1H3,(H,24,25)/b23-18+. The fraction of sp³-hybridized carbons (Fsp3) is 0.158. The van der Waals surface area contributed by atoms with Gasteiger partial charge in [-0.05, 0) is 62.6 Å². The van der Waals surface area contributed by atoms with Gasteiger partial charge in [-0.2, -0.15) is 0 Å². The molecule has 0 amide bonds. The van der Waals surface area contributed by atoms with Gasteiger partial charge in [0.2, 0.25) is 0 Å². The van der Waals surface area contributed by atoms with Crippen LogP contribution >= 0.6 is 47.8 Å². The van der Waals surface area contributed by atoms with E-state index in [2.05, 4.69) is 52.9 Å². The summed E-state index contributed by atoms with van der Waals surface area (Å²) in [5, 5.41) is 13.2. The third-order valence-electron chi connectivity index (χ3n) is 3.38. The normalized spacial score (nSPS) is 11.0. The predicted molar refractivity (Wildman–Crippen MR) is 117 cm³/mol. The van der Waals surface area contributed by atoms with Gasteiger partial charge in [-0.3, -0.25) is 0 Å². The molecule has 0 aromatic heterocycles. The molecule has 0 unspecified atom stereocenters. The zero-order chi connectivity index (χ0) is 19.8. The highest BCUT2D eigenvalue weighted by molar-refractivity contribution is 9.28. The van der Waals surface area contributed by atoms with Crippen molar-refractivity contribution in [1.29, 1.82) is 0 Å². The van der Waals surface area contributed by atoms with Gasteiger partial charge < -0.3 is 14.7 Å². The number of aliphatic carboxylic acids is 1. The van der Waals surface area contributed by atoms with E-state index in [9.17, 15) is 9.90 Å². The molecule has 1 N–H and O–H groups in total. The van der Waals surface area contributed by atoms with Crippen LogP contribution in [0.25, 0.3) is 6.08 Å². The summed E-state index contributed by atoms with van der Waals surface area (Å²) in [6, 6.07) is 12.7. The molecule has 0 atom stereocenters. The number of carbonyl (C=O) groups is 1. The first-order chi connectivity index (χ1) is 12.9. The Bertz CT molecular complexity index is 877. The van der Waals surface area contributed by atoms with Crippen molar-refractivity contribution in [3.05, 3.63) is 67.0 Å². The van der Waals surface area contributed by atoms with Gasteiger partial charge in [0, 0.05) is 15.6 Å². The molecule has 0 spiro atoms. The molecular weight excluding hydrogens is 546 g/mol. The minimum atomic E-state index is -1.16. The Morgan fingerprint density at radius 1 is 1.22 bits per heavy atom. The Kier molecular flexibility index (Phi) is 8.53. The van der Waals surface area contributed by atoms with Crippen molar-refractivity contribution in [1.82, 2.24) is 0 Å². The van der Waals surface area contributed by atoms with E-state index < -0.39 is 5.97 Å². The highest BCUT2D eigenvalue weighted by Crippen LogP contribution is 2.29. The lowest BCUT2D eigenvalue weighted by Crippen LogP contribution is -2.18. The van der Waals surface area contributed by atoms with Gasteiger partial charge in [-0.1, -0.05) is 51.4 Å². The molecule has 27 heavy (non-hydrogen) atoms. The van der Waals surface area contributed by atoms with Crippen LogP contribution in [0.2, 0.25) is 0 Å². The van der Waals surface area contributed by atoms with Gasteiger partial charge in [0.15, 0.2) is 5.71 Å². The predicted octanol–water partition coefficient (Wildman–Crippen LogP) is 5.94. The second kappa shape index (κ2) is 10.6. The maximum absolute atomic E-state index is 11.6. The van der Waals surface area contributed by atoms with Crippen LogP contribution in [-0.4, -0.2) is 23.4 Å². The molecular formula is C19H16Br3NO4. The molecule has 2 aromatic rings. The molecule has 0 saturated heterocycles. The van der Waals surface area contributed by atoms with Gasteiger partial charge in [0.25, 0.3) is 0 Å². The summed E-state index contributed by atoms with van der Waals surface area (Å²) in [5.74, 6) is -0.514. The lowest BCUT2D eigenvalue weighted by atomic mass is 10.0. The zero-order valence-corrected chi connectivity index (χ0v) is 19.0. The molecule has 0 saturated carbocycles. The highest BCUT2D eigenvalue weighted by atomic mass is 79.9. The van der Waals surface area contributed by atoms with Gasteiger partial charge >= 0.3 is 5.97 Å². The largest absolute Gasteiger partial charge is 0.488 e. The molecule has 2 rings (SSSR count). The van der Waals surface area contributed by atoms with E-state index in [0.29, 0.717) is 16.9 Å². The Hall–Kier alpha value is -1.64. The number of benzene rings is 2. The summed E-state index contributed by atoms with van der Waals surface area (Å²) in [6.45, 7) is 2.19. The Labute approximate surface area is 182 Å². The van der Waals surface area contributed by atoms with E-state index in [1.165, 1.54) is 0 Å². The molecule has 5 nitrogen and oxygen atoms in total. The average Bonchev–Trinajstić information content (AvgIpc) is 2.62. The number of hydrogen-bond donors (Lipinski definition) is 1. The maximum atomic E-state index is 11.6. The number of carboxylic acids is 1. The van der Waals surface area contributed by atoms with Gasteiger partial charge in [0.1, 0.15) is 19.0 Å². The van der Waals surface area contributed by atoms with Crippen LogP contribution < -0.4 is 4.74 Å². The molecule has 0 aliphatic rings. The number of ether oxygens (including phenoxy) is 1. The second-order valence-electron chi connectivity index (χ2n) is 5.22. The smallest absolute Gasteiger partial charge is 0.358 e. The summed E-state index contributed by atoms with van der Waals surface area (Å²) < 4.78 is 7.63. The van der Waals surface area contributed by atoms with Gasteiger partial charge in [-0.15, -0.1) is 0 Å². The van der Waals surface area contributed by atoms with Gasteiger partial charge in [-0.25, -0.2) is 4.79 Å². The quantitative estimate of drug-likeness (QED) is 0.320. The third-order valence-corrected chi connectivity index (χ3v) is 4.33. The van der Waals surface area contributed by atoms with Crippen LogP contribution in [0.5, 0.6) is 5.75 Å². The Balaban J connectivity index is 2.34. The van der Waals surface area contributed by atoms with E-state index in [0.717, 1.165) is 13.4 Å². The summed E-state index contributed by atoms with van der Waals surface area (Å²) in [7, 11) is 0. The van der Waals surface area contributed by atoms with Crippen molar-refractivity contribution in [2.24, 2.45) is 5.16 Å². The van der Waals surface area contributed by atoms with E-state index in [1.807, 2.05) is 30.3 Å². The van der Waals surface area contributed by atoms with Crippen molar-refractivity contribution >= 4 is 65.5 Å². The third kappa shape index (κ3) is 6.48. The number of hydrogen-bond acceptors (Lipinski definition) is 4. The van der Waals surface area contributed by atoms with Crippen molar-refractivity contribution in [3.63, 3.8) is 0 Å². The van der Waals surface area contributed by atoms with Crippen molar-refractivity contribution in [3.8, 4) is 5.75 Å². The van der Waals surface area contributed by atoms with E-state index in [4.69, 9.17) is 9.57 Å². The molecule has 0 heterocycles. The number of rotatable bonds is 8. The second-order valence-corrected chi connectivity index (χ2v) is 8.91. The highest BCUT2D eigenvalue weighted by Gasteiger charge is 2.18. The lowest BCUT2D eigenvalue weighted by Gasteiger charge is -2.13. The molecule has 142 valence electrons. The lowest BCUT2D eigenvalue weighted by molar-refractivity contribution is -0.129. The summed E-state index contributed by atoms with van der Waals surface area (Å²) >= 11 is 10.1. The van der Waals surface area contributed by atoms with E-state index >= 15 is 0 Å². The van der Waals surface area contributed by atoms with Crippen LogP contribution in [0.15, 0.2) is 55.5 Å².